The molecular formula is C11H8F3NOS. The van der Waals surface area contributed by atoms with Crippen molar-refractivity contribution in [2.45, 2.75) is 6.18 Å². The van der Waals surface area contributed by atoms with Gasteiger partial charge >= 0.3 is 6.18 Å². The minimum Gasteiger partial charge on any atom is -0.457 e. The molecule has 1 aromatic carbocycles. The number of anilines is 1. The number of alkyl halides is 3. The van der Waals surface area contributed by atoms with Crippen LogP contribution in [0.5, 0.6) is 5.75 Å². The van der Waals surface area contributed by atoms with Crippen molar-refractivity contribution in [3.63, 3.8) is 0 Å². The zero-order valence-electron chi connectivity index (χ0n) is 8.51. The van der Waals surface area contributed by atoms with E-state index >= 15 is 0 Å². The Bertz CT molecular complexity index is 508. The lowest BCUT2D eigenvalue weighted by molar-refractivity contribution is -0.0694. The van der Waals surface area contributed by atoms with Crippen molar-refractivity contribution in [3.8, 4) is 5.75 Å². The summed E-state index contributed by atoms with van der Waals surface area (Å²) in [7, 11) is 0. The molecule has 0 unspecified atom stereocenters. The van der Waals surface area contributed by atoms with Crippen molar-refractivity contribution in [1.29, 1.82) is 0 Å². The summed E-state index contributed by atoms with van der Waals surface area (Å²) < 4.78 is 46.0. The molecule has 1 aliphatic heterocycles. The molecule has 17 heavy (non-hydrogen) atoms. The summed E-state index contributed by atoms with van der Waals surface area (Å²) in [4.78, 5) is 0. The molecule has 90 valence electrons. The highest BCUT2D eigenvalue weighted by Crippen LogP contribution is 2.43. The largest absolute Gasteiger partial charge is 0.457 e. The molecule has 0 aromatic heterocycles. The topological polar surface area (TPSA) is 21.3 Å². The number of hydrogen-bond donors (Lipinski definition) is 2. The minimum atomic E-state index is -4.43. The van der Waals surface area contributed by atoms with Crippen LogP contribution in [0.25, 0.3) is 5.57 Å². The third-order valence-corrected chi connectivity index (χ3v) is 2.51. The summed E-state index contributed by atoms with van der Waals surface area (Å²) in [6.45, 7) is 3.39. The first-order valence-electron chi connectivity index (χ1n) is 4.62. The van der Waals surface area contributed by atoms with Gasteiger partial charge in [0.05, 0.1) is 5.57 Å². The fraction of sp³-hybridized carbons (Fsp3) is 0.0909. The summed E-state index contributed by atoms with van der Waals surface area (Å²) in [5.41, 5.74) is -0.213. The molecule has 0 radical (unpaired) electrons. The standard InChI is InChI=1S/C11H8F3NOS/c1-6-4-9(11(12,13)14)8-3-2-7(15-17)5-10(8)16-6/h2-5,15,17H,1H2. The quantitative estimate of drug-likeness (QED) is 0.749. The van der Waals surface area contributed by atoms with Crippen molar-refractivity contribution in [2.24, 2.45) is 0 Å². The highest BCUT2D eigenvalue weighted by Gasteiger charge is 2.38. The van der Waals surface area contributed by atoms with Crippen LogP contribution < -0.4 is 9.46 Å². The number of ether oxygens (including phenoxy) is 1. The van der Waals surface area contributed by atoms with E-state index in [1.165, 1.54) is 18.2 Å². The van der Waals surface area contributed by atoms with Gasteiger partial charge < -0.3 is 9.46 Å². The zero-order valence-corrected chi connectivity index (χ0v) is 9.40. The summed E-state index contributed by atoms with van der Waals surface area (Å²) >= 11 is 3.81. The van der Waals surface area contributed by atoms with E-state index in [4.69, 9.17) is 4.74 Å². The Kier molecular flexibility index (Phi) is 2.82. The molecule has 0 spiro atoms. The molecule has 0 fully saturated rings. The van der Waals surface area contributed by atoms with Crippen LogP contribution in [0.3, 0.4) is 0 Å². The van der Waals surface area contributed by atoms with Gasteiger partial charge in [0.25, 0.3) is 0 Å². The fourth-order valence-corrected chi connectivity index (χ4v) is 1.68. The molecule has 2 nitrogen and oxygen atoms in total. The molecule has 0 saturated heterocycles. The molecule has 0 aliphatic carbocycles. The number of hydrogen-bond acceptors (Lipinski definition) is 3. The van der Waals surface area contributed by atoms with Gasteiger partial charge in [0.15, 0.2) is 0 Å². The number of rotatable bonds is 1. The Balaban J connectivity index is 2.56. The maximum absolute atomic E-state index is 12.8. The molecular weight excluding hydrogens is 251 g/mol. The molecule has 0 bridgehead atoms. The van der Waals surface area contributed by atoms with Crippen LogP contribution in [0.15, 0.2) is 36.6 Å². The highest BCUT2D eigenvalue weighted by atomic mass is 32.1. The van der Waals surface area contributed by atoms with E-state index in [0.29, 0.717) is 5.69 Å². The molecule has 1 aliphatic rings. The van der Waals surface area contributed by atoms with Gasteiger partial charge in [-0.2, -0.15) is 13.2 Å². The van der Waals surface area contributed by atoms with Crippen LogP contribution in [0.1, 0.15) is 5.56 Å². The summed E-state index contributed by atoms with van der Waals surface area (Å²) in [5.74, 6) is 0.0741. The van der Waals surface area contributed by atoms with Crippen LogP contribution in [0.2, 0.25) is 0 Å². The number of thiol groups is 1. The van der Waals surface area contributed by atoms with Crippen molar-refractivity contribution in [3.05, 3.63) is 42.2 Å². The van der Waals surface area contributed by atoms with Gasteiger partial charge in [-0.25, -0.2) is 0 Å². The summed E-state index contributed by atoms with van der Waals surface area (Å²) in [5, 5.41) is 0. The van der Waals surface area contributed by atoms with Gasteiger partial charge in [0.2, 0.25) is 0 Å². The van der Waals surface area contributed by atoms with Gasteiger partial charge in [-0.05, 0) is 18.2 Å². The van der Waals surface area contributed by atoms with Crippen LogP contribution >= 0.6 is 12.8 Å². The average Bonchev–Trinajstić information content (AvgIpc) is 2.25. The van der Waals surface area contributed by atoms with Crippen molar-refractivity contribution < 1.29 is 17.9 Å². The first kappa shape index (κ1) is 11.9. The predicted molar refractivity (Wildman–Crippen MR) is 62.9 cm³/mol. The van der Waals surface area contributed by atoms with Crippen LogP contribution in [0.4, 0.5) is 18.9 Å². The maximum atomic E-state index is 12.8. The molecule has 0 saturated carbocycles. The molecule has 0 amide bonds. The molecule has 2 rings (SSSR count). The Morgan fingerprint density at radius 3 is 2.59 bits per heavy atom. The van der Waals surface area contributed by atoms with E-state index < -0.39 is 11.7 Å². The molecule has 1 aromatic rings. The fourth-order valence-electron chi connectivity index (χ4n) is 1.54. The van der Waals surface area contributed by atoms with Gasteiger partial charge in [0, 0.05) is 17.3 Å². The summed E-state index contributed by atoms with van der Waals surface area (Å²) in [6.07, 6.45) is -3.55. The average molecular weight is 259 g/mol. The van der Waals surface area contributed by atoms with Crippen molar-refractivity contribution >= 4 is 24.1 Å². The van der Waals surface area contributed by atoms with Crippen LogP contribution in [-0.4, -0.2) is 6.18 Å². The third kappa shape index (κ3) is 2.26. The van der Waals surface area contributed by atoms with Gasteiger partial charge in [-0.15, -0.1) is 0 Å². The van der Waals surface area contributed by atoms with E-state index in [0.717, 1.165) is 6.08 Å². The van der Waals surface area contributed by atoms with Crippen molar-refractivity contribution in [1.82, 2.24) is 0 Å². The molecule has 1 N–H and O–H groups in total. The van der Waals surface area contributed by atoms with E-state index in [2.05, 4.69) is 24.1 Å². The first-order valence-corrected chi connectivity index (χ1v) is 5.06. The minimum absolute atomic E-state index is 0.00256. The van der Waals surface area contributed by atoms with Crippen LogP contribution in [0, 0.1) is 0 Å². The number of fused-ring (bicyclic) bond motifs is 1. The lowest BCUT2D eigenvalue weighted by Gasteiger charge is -2.21. The lowest BCUT2D eigenvalue weighted by atomic mass is 10.0. The van der Waals surface area contributed by atoms with E-state index in [1.54, 1.807) is 0 Å². The number of benzene rings is 1. The van der Waals surface area contributed by atoms with E-state index in [-0.39, 0.29) is 17.1 Å². The monoisotopic (exact) mass is 259 g/mol. The number of halogens is 3. The molecule has 1 heterocycles. The Morgan fingerprint density at radius 1 is 1.29 bits per heavy atom. The van der Waals surface area contributed by atoms with Crippen molar-refractivity contribution in [2.75, 3.05) is 4.72 Å². The molecule has 6 heteroatoms. The van der Waals surface area contributed by atoms with Gasteiger partial charge in [-0.3, -0.25) is 0 Å². The highest BCUT2D eigenvalue weighted by molar-refractivity contribution is 7.81. The lowest BCUT2D eigenvalue weighted by Crippen LogP contribution is -2.15. The molecule has 0 atom stereocenters. The van der Waals surface area contributed by atoms with Crippen LogP contribution in [-0.2, 0) is 0 Å². The van der Waals surface area contributed by atoms with Gasteiger partial charge in [-0.1, -0.05) is 19.4 Å². The van der Waals surface area contributed by atoms with Gasteiger partial charge in [0.1, 0.15) is 11.5 Å². The van der Waals surface area contributed by atoms with E-state index in [9.17, 15) is 13.2 Å². The SMILES string of the molecule is C=C1C=C(C(F)(F)F)c2ccc(NS)cc2O1. The normalized spacial score (nSPS) is 14.8. The summed E-state index contributed by atoms with van der Waals surface area (Å²) in [6, 6.07) is 4.26. The second-order valence-electron chi connectivity index (χ2n) is 3.45. The maximum Gasteiger partial charge on any atom is 0.417 e. The Morgan fingerprint density at radius 2 is 2.00 bits per heavy atom. The second-order valence-corrected chi connectivity index (χ2v) is 3.67. The van der Waals surface area contributed by atoms with E-state index in [1.807, 2.05) is 0 Å². The number of nitrogens with one attached hydrogen (secondary N) is 1. The number of allylic oxidation sites excluding steroid dienone is 2. The zero-order chi connectivity index (χ0) is 12.6. The second kappa shape index (κ2) is 4.03. The third-order valence-electron chi connectivity index (χ3n) is 2.25. The smallest absolute Gasteiger partial charge is 0.417 e. The first-order chi connectivity index (χ1) is 7.91. The predicted octanol–water partition coefficient (Wildman–Crippen LogP) is 3.80. The Hall–Kier alpha value is -1.56. The Labute approximate surface area is 101 Å².